The number of aromatic nitrogens is 1. The summed E-state index contributed by atoms with van der Waals surface area (Å²) >= 11 is 0. The van der Waals surface area contributed by atoms with E-state index in [1.54, 1.807) is 6.20 Å². The standard InChI is InChI=1S/C22H28N4O3.HI/c1-2-23-22(25-10-7-16-5-6-19-20(11-16)29-15-28-19)26-13-18-8-9-24-21(12-18)27-14-17-3-4-17;/h5-6,8-9,11-12,17H,2-4,7,10,13-15H2,1H3,(H2,23,25,26);1H. The van der Waals surface area contributed by atoms with Crippen LogP contribution in [0.3, 0.4) is 0 Å². The minimum absolute atomic E-state index is 0. The maximum absolute atomic E-state index is 5.76. The highest BCUT2D eigenvalue weighted by Gasteiger charge is 2.22. The van der Waals surface area contributed by atoms with Gasteiger partial charge in [-0.25, -0.2) is 9.98 Å². The lowest BCUT2D eigenvalue weighted by Gasteiger charge is -2.12. The number of nitrogens with one attached hydrogen (secondary N) is 2. The van der Waals surface area contributed by atoms with Crippen LogP contribution in [-0.2, 0) is 13.0 Å². The molecule has 2 N–H and O–H groups in total. The van der Waals surface area contributed by atoms with Crippen molar-refractivity contribution >= 4 is 29.9 Å². The summed E-state index contributed by atoms with van der Waals surface area (Å²) in [5.41, 5.74) is 2.28. The summed E-state index contributed by atoms with van der Waals surface area (Å²) in [6, 6.07) is 10.0. The molecule has 2 aliphatic rings. The zero-order chi connectivity index (χ0) is 19.9. The van der Waals surface area contributed by atoms with E-state index in [1.807, 2.05) is 24.3 Å². The molecular formula is C22H29IN4O3. The van der Waals surface area contributed by atoms with E-state index in [-0.39, 0.29) is 24.0 Å². The predicted octanol–water partition coefficient (Wildman–Crippen LogP) is 3.51. The monoisotopic (exact) mass is 524 g/mol. The third-order valence-electron chi connectivity index (χ3n) is 4.87. The van der Waals surface area contributed by atoms with Crippen LogP contribution in [0.1, 0.15) is 30.9 Å². The van der Waals surface area contributed by atoms with Gasteiger partial charge >= 0.3 is 0 Å². The Bertz CT molecular complexity index is 858. The fourth-order valence-corrected chi connectivity index (χ4v) is 3.05. The van der Waals surface area contributed by atoms with Crippen LogP contribution >= 0.6 is 24.0 Å². The van der Waals surface area contributed by atoms with Gasteiger partial charge < -0.3 is 24.8 Å². The highest BCUT2D eigenvalue weighted by molar-refractivity contribution is 14.0. The zero-order valence-corrected chi connectivity index (χ0v) is 19.6. The molecule has 1 saturated carbocycles. The van der Waals surface area contributed by atoms with Crippen LogP contribution < -0.4 is 24.8 Å². The van der Waals surface area contributed by atoms with Gasteiger partial charge in [0.05, 0.1) is 13.2 Å². The minimum Gasteiger partial charge on any atom is -0.477 e. The smallest absolute Gasteiger partial charge is 0.231 e. The molecule has 0 atom stereocenters. The Morgan fingerprint density at radius 1 is 1.13 bits per heavy atom. The van der Waals surface area contributed by atoms with Gasteiger partial charge in [0.2, 0.25) is 12.7 Å². The Hall–Kier alpha value is -2.23. The summed E-state index contributed by atoms with van der Waals surface area (Å²) in [4.78, 5) is 8.98. The first-order valence-corrected chi connectivity index (χ1v) is 10.3. The van der Waals surface area contributed by atoms with E-state index < -0.39 is 0 Å². The molecule has 0 saturated heterocycles. The average Bonchev–Trinajstić information content (AvgIpc) is 3.46. The summed E-state index contributed by atoms with van der Waals surface area (Å²) in [6.07, 6.45) is 5.20. The van der Waals surface area contributed by atoms with Gasteiger partial charge in [0, 0.05) is 25.4 Å². The van der Waals surface area contributed by atoms with Gasteiger partial charge in [-0.15, -0.1) is 24.0 Å². The second-order valence-electron chi connectivity index (χ2n) is 7.32. The number of fused-ring (bicyclic) bond motifs is 1. The van der Waals surface area contributed by atoms with Crippen LogP contribution in [0.5, 0.6) is 17.4 Å². The van der Waals surface area contributed by atoms with Gasteiger partial charge in [-0.3, -0.25) is 0 Å². The van der Waals surface area contributed by atoms with Crippen molar-refractivity contribution in [3.8, 4) is 17.4 Å². The molecule has 1 aliphatic carbocycles. The Morgan fingerprint density at radius 2 is 2.00 bits per heavy atom. The van der Waals surface area contributed by atoms with Gasteiger partial charge in [0.15, 0.2) is 17.5 Å². The van der Waals surface area contributed by atoms with Crippen LogP contribution in [0, 0.1) is 5.92 Å². The molecule has 7 nitrogen and oxygen atoms in total. The van der Waals surface area contributed by atoms with Crippen molar-refractivity contribution in [1.82, 2.24) is 15.6 Å². The molecule has 8 heteroatoms. The lowest BCUT2D eigenvalue weighted by Crippen LogP contribution is -2.38. The molecule has 2 heterocycles. The number of ether oxygens (including phenoxy) is 3. The molecule has 0 bridgehead atoms. The lowest BCUT2D eigenvalue weighted by atomic mass is 10.1. The van der Waals surface area contributed by atoms with Crippen LogP contribution in [0.15, 0.2) is 41.5 Å². The summed E-state index contributed by atoms with van der Waals surface area (Å²) in [5.74, 6) is 3.83. The number of benzene rings is 1. The van der Waals surface area contributed by atoms with E-state index in [0.29, 0.717) is 25.1 Å². The number of hydrogen-bond acceptors (Lipinski definition) is 5. The summed E-state index contributed by atoms with van der Waals surface area (Å²) < 4.78 is 16.6. The van der Waals surface area contributed by atoms with E-state index in [9.17, 15) is 0 Å². The first-order valence-electron chi connectivity index (χ1n) is 10.3. The zero-order valence-electron chi connectivity index (χ0n) is 17.2. The molecule has 162 valence electrons. The Kier molecular flexibility index (Phi) is 8.41. The highest BCUT2D eigenvalue weighted by atomic mass is 127. The molecule has 1 fully saturated rings. The highest BCUT2D eigenvalue weighted by Crippen LogP contribution is 2.32. The van der Waals surface area contributed by atoms with E-state index in [0.717, 1.165) is 49.1 Å². The number of aliphatic imine (C=N–C) groups is 1. The quantitative estimate of drug-likeness (QED) is 0.297. The fraction of sp³-hybridized carbons (Fsp3) is 0.455. The third kappa shape index (κ3) is 6.65. The molecule has 4 rings (SSSR count). The molecule has 0 spiro atoms. The summed E-state index contributed by atoms with van der Waals surface area (Å²) in [5, 5.41) is 6.68. The number of guanidine groups is 1. The second kappa shape index (κ2) is 11.2. The van der Waals surface area contributed by atoms with Crippen LogP contribution in [0.4, 0.5) is 0 Å². The maximum atomic E-state index is 5.76. The number of pyridine rings is 1. The van der Waals surface area contributed by atoms with Crippen molar-refractivity contribution in [3.05, 3.63) is 47.7 Å². The van der Waals surface area contributed by atoms with Gasteiger partial charge in [-0.1, -0.05) is 6.07 Å². The van der Waals surface area contributed by atoms with Crippen LogP contribution in [0.2, 0.25) is 0 Å². The molecule has 30 heavy (non-hydrogen) atoms. The molecular weight excluding hydrogens is 495 g/mol. The first-order chi connectivity index (χ1) is 14.3. The summed E-state index contributed by atoms with van der Waals surface area (Å²) in [7, 11) is 0. The molecule has 0 amide bonds. The predicted molar refractivity (Wildman–Crippen MR) is 127 cm³/mol. The molecule has 0 unspecified atom stereocenters. The Balaban J connectivity index is 0.00000256. The Morgan fingerprint density at radius 3 is 2.83 bits per heavy atom. The summed E-state index contributed by atoms with van der Waals surface area (Å²) in [6.45, 7) is 5.28. The van der Waals surface area contributed by atoms with Crippen molar-refractivity contribution < 1.29 is 14.2 Å². The third-order valence-corrected chi connectivity index (χ3v) is 4.87. The number of rotatable bonds is 9. The average molecular weight is 524 g/mol. The molecule has 1 aliphatic heterocycles. The van der Waals surface area contributed by atoms with E-state index in [4.69, 9.17) is 14.2 Å². The lowest BCUT2D eigenvalue weighted by molar-refractivity contribution is 0.174. The van der Waals surface area contributed by atoms with Crippen molar-refractivity contribution in [3.63, 3.8) is 0 Å². The molecule has 1 aromatic carbocycles. The van der Waals surface area contributed by atoms with E-state index >= 15 is 0 Å². The second-order valence-corrected chi connectivity index (χ2v) is 7.32. The van der Waals surface area contributed by atoms with E-state index in [2.05, 4.69) is 33.6 Å². The SMILES string of the molecule is CCNC(=NCc1ccnc(OCC2CC2)c1)NCCc1ccc2c(c1)OCO2.I. The van der Waals surface area contributed by atoms with Gasteiger partial charge in [0.25, 0.3) is 0 Å². The fourth-order valence-electron chi connectivity index (χ4n) is 3.05. The van der Waals surface area contributed by atoms with Crippen LogP contribution in [-0.4, -0.2) is 37.4 Å². The minimum atomic E-state index is 0. The topological polar surface area (TPSA) is 77.0 Å². The number of halogens is 1. The maximum Gasteiger partial charge on any atom is 0.231 e. The van der Waals surface area contributed by atoms with Crippen molar-refractivity contribution in [1.29, 1.82) is 0 Å². The molecule has 0 radical (unpaired) electrons. The van der Waals surface area contributed by atoms with E-state index in [1.165, 1.54) is 18.4 Å². The van der Waals surface area contributed by atoms with Gasteiger partial charge in [-0.2, -0.15) is 0 Å². The first kappa shape index (κ1) is 22.5. The Labute approximate surface area is 194 Å². The largest absolute Gasteiger partial charge is 0.477 e. The number of nitrogens with zero attached hydrogens (tertiary/aromatic N) is 2. The molecule has 2 aromatic rings. The van der Waals surface area contributed by atoms with Crippen LogP contribution in [0.25, 0.3) is 0 Å². The van der Waals surface area contributed by atoms with Crippen molar-refractivity contribution in [2.75, 3.05) is 26.5 Å². The van der Waals surface area contributed by atoms with Crippen molar-refractivity contribution in [2.45, 2.75) is 32.7 Å². The van der Waals surface area contributed by atoms with Gasteiger partial charge in [-0.05, 0) is 61.4 Å². The molecule has 1 aromatic heterocycles. The van der Waals surface area contributed by atoms with Gasteiger partial charge in [0.1, 0.15) is 0 Å². The normalized spacial score (nSPS) is 14.8. The van der Waals surface area contributed by atoms with Crippen molar-refractivity contribution in [2.24, 2.45) is 10.9 Å². The number of hydrogen-bond donors (Lipinski definition) is 2.